The van der Waals surface area contributed by atoms with Crippen molar-refractivity contribution >= 4 is 29.1 Å². The summed E-state index contributed by atoms with van der Waals surface area (Å²) < 4.78 is 16.2. The number of halogens is 1. The quantitative estimate of drug-likeness (QED) is 0.583. The van der Waals surface area contributed by atoms with Gasteiger partial charge in [0, 0.05) is 5.02 Å². The SMILES string of the molecule is COc1ccc(Cl)cc1NC(=O)CNC(=O)c1ccc(COc2ccccc2)o1. The second-order valence-corrected chi connectivity index (χ2v) is 6.38. The summed E-state index contributed by atoms with van der Waals surface area (Å²) in [7, 11) is 1.48. The first-order valence-corrected chi connectivity index (χ1v) is 9.11. The Labute approximate surface area is 172 Å². The molecule has 7 nitrogen and oxygen atoms in total. The standard InChI is InChI=1S/C21H19ClN2O5/c1-27-18-9-7-14(22)11-17(18)24-20(25)12-23-21(26)19-10-8-16(29-19)13-28-15-5-3-2-4-6-15/h2-11H,12-13H2,1H3,(H,23,26)(H,24,25). The van der Waals surface area contributed by atoms with E-state index >= 15 is 0 Å². The summed E-state index contributed by atoms with van der Waals surface area (Å²) in [6.45, 7) is -0.0581. The number of hydrogen-bond donors (Lipinski definition) is 2. The third-order valence-corrected chi connectivity index (χ3v) is 4.09. The Hall–Kier alpha value is -3.45. The van der Waals surface area contributed by atoms with Gasteiger partial charge in [-0.1, -0.05) is 29.8 Å². The molecular weight excluding hydrogens is 396 g/mol. The van der Waals surface area contributed by atoms with E-state index in [2.05, 4.69) is 10.6 Å². The van der Waals surface area contributed by atoms with E-state index in [1.807, 2.05) is 30.3 Å². The van der Waals surface area contributed by atoms with E-state index in [-0.39, 0.29) is 18.9 Å². The van der Waals surface area contributed by atoms with Gasteiger partial charge in [0.1, 0.15) is 23.9 Å². The lowest BCUT2D eigenvalue weighted by Crippen LogP contribution is -2.32. The van der Waals surface area contributed by atoms with Crippen molar-refractivity contribution in [1.82, 2.24) is 5.32 Å². The lowest BCUT2D eigenvalue weighted by Gasteiger charge is -2.10. The number of rotatable bonds is 8. The van der Waals surface area contributed by atoms with Gasteiger partial charge in [-0.05, 0) is 42.5 Å². The van der Waals surface area contributed by atoms with Crippen molar-refractivity contribution in [2.24, 2.45) is 0 Å². The number of para-hydroxylation sites is 1. The number of benzene rings is 2. The lowest BCUT2D eigenvalue weighted by molar-refractivity contribution is -0.115. The Morgan fingerprint density at radius 1 is 1.07 bits per heavy atom. The average molecular weight is 415 g/mol. The molecule has 1 aromatic heterocycles. The maximum atomic E-state index is 12.2. The first-order chi connectivity index (χ1) is 14.0. The van der Waals surface area contributed by atoms with Gasteiger partial charge in [-0.25, -0.2) is 0 Å². The van der Waals surface area contributed by atoms with Crippen LogP contribution in [0.1, 0.15) is 16.3 Å². The fourth-order valence-electron chi connectivity index (χ4n) is 2.47. The molecule has 1 heterocycles. The number of furan rings is 1. The van der Waals surface area contributed by atoms with Crippen molar-refractivity contribution < 1.29 is 23.5 Å². The van der Waals surface area contributed by atoms with Gasteiger partial charge in [0.25, 0.3) is 5.91 Å². The smallest absolute Gasteiger partial charge is 0.287 e. The highest BCUT2D eigenvalue weighted by atomic mass is 35.5. The second kappa shape index (κ2) is 9.66. The zero-order valence-corrected chi connectivity index (χ0v) is 16.4. The monoisotopic (exact) mass is 414 g/mol. The summed E-state index contributed by atoms with van der Waals surface area (Å²) in [6.07, 6.45) is 0. The van der Waals surface area contributed by atoms with Crippen LogP contribution in [0.25, 0.3) is 0 Å². The van der Waals surface area contributed by atoms with Crippen LogP contribution >= 0.6 is 11.6 Å². The topological polar surface area (TPSA) is 89.8 Å². The summed E-state index contributed by atoms with van der Waals surface area (Å²) in [5.74, 6) is 0.797. The molecule has 0 saturated carbocycles. The first-order valence-electron chi connectivity index (χ1n) is 8.73. The summed E-state index contributed by atoms with van der Waals surface area (Å²) in [5, 5.41) is 5.59. The Balaban J connectivity index is 1.50. The van der Waals surface area contributed by atoms with Crippen molar-refractivity contribution in [1.29, 1.82) is 0 Å². The number of carbonyl (C=O) groups excluding carboxylic acids is 2. The van der Waals surface area contributed by atoms with Crippen molar-refractivity contribution in [2.75, 3.05) is 19.0 Å². The predicted molar refractivity (Wildman–Crippen MR) is 108 cm³/mol. The van der Waals surface area contributed by atoms with Gasteiger partial charge >= 0.3 is 0 Å². The molecule has 29 heavy (non-hydrogen) atoms. The van der Waals surface area contributed by atoms with E-state index < -0.39 is 11.8 Å². The van der Waals surface area contributed by atoms with Crippen LogP contribution in [0.2, 0.25) is 5.02 Å². The Bertz CT molecular complexity index is 988. The van der Waals surface area contributed by atoms with Crippen molar-refractivity contribution in [3.8, 4) is 11.5 Å². The van der Waals surface area contributed by atoms with Crippen molar-refractivity contribution in [3.63, 3.8) is 0 Å². The van der Waals surface area contributed by atoms with Gasteiger partial charge in [0.15, 0.2) is 5.76 Å². The van der Waals surface area contributed by atoms with Crippen LogP contribution < -0.4 is 20.1 Å². The fraction of sp³-hybridized carbons (Fsp3) is 0.143. The van der Waals surface area contributed by atoms with Crippen LogP contribution in [-0.4, -0.2) is 25.5 Å². The molecule has 0 aliphatic carbocycles. The third kappa shape index (κ3) is 5.76. The number of hydrogen-bond acceptors (Lipinski definition) is 5. The largest absolute Gasteiger partial charge is 0.495 e. The predicted octanol–water partition coefficient (Wildman–Crippen LogP) is 3.89. The van der Waals surface area contributed by atoms with Crippen LogP contribution in [0.4, 0.5) is 5.69 Å². The van der Waals surface area contributed by atoms with Crippen LogP contribution in [0, 0.1) is 0 Å². The maximum absolute atomic E-state index is 12.2. The van der Waals surface area contributed by atoms with E-state index in [9.17, 15) is 9.59 Å². The molecule has 2 amide bonds. The molecule has 0 saturated heterocycles. The fourth-order valence-corrected chi connectivity index (χ4v) is 2.64. The van der Waals surface area contributed by atoms with Crippen molar-refractivity contribution in [3.05, 3.63) is 77.2 Å². The van der Waals surface area contributed by atoms with E-state index in [1.54, 1.807) is 24.3 Å². The number of carbonyl (C=O) groups is 2. The lowest BCUT2D eigenvalue weighted by atomic mass is 10.3. The molecule has 0 fully saturated rings. The summed E-state index contributed by atoms with van der Waals surface area (Å²) in [6, 6.07) is 17.3. The van der Waals surface area contributed by atoms with E-state index in [1.165, 1.54) is 13.2 Å². The minimum atomic E-state index is -0.510. The van der Waals surface area contributed by atoms with Gasteiger partial charge < -0.3 is 24.5 Å². The molecule has 0 atom stereocenters. The summed E-state index contributed by atoms with van der Waals surface area (Å²) in [5.41, 5.74) is 0.414. The number of nitrogens with one attached hydrogen (secondary N) is 2. The first kappa shape index (κ1) is 20.3. The average Bonchev–Trinajstić information content (AvgIpc) is 3.21. The summed E-state index contributed by atoms with van der Waals surface area (Å²) >= 11 is 5.93. The molecule has 2 N–H and O–H groups in total. The van der Waals surface area contributed by atoms with Crippen LogP contribution in [-0.2, 0) is 11.4 Å². The highest BCUT2D eigenvalue weighted by molar-refractivity contribution is 6.31. The zero-order valence-electron chi connectivity index (χ0n) is 15.6. The molecule has 3 rings (SSSR count). The molecule has 8 heteroatoms. The highest BCUT2D eigenvalue weighted by Crippen LogP contribution is 2.27. The van der Waals surface area contributed by atoms with E-state index in [0.717, 1.165) is 0 Å². The Morgan fingerprint density at radius 2 is 1.86 bits per heavy atom. The molecular formula is C21H19ClN2O5. The van der Waals surface area contributed by atoms with E-state index in [4.69, 9.17) is 25.5 Å². The molecule has 0 unspecified atom stereocenters. The number of anilines is 1. The Kier molecular flexibility index (Phi) is 6.76. The molecule has 0 radical (unpaired) electrons. The molecule has 0 bridgehead atoms. The molecule has 0 spiro atoms. The highest BCUT2D eigenvalue weighted by Gasteiger charge is 2.14. The number of methoxy groups -OCH3 is 1. The number of ether oxygens (including phenoxy) is 2. The van der Waals surface area contributed by atoms with Crippen LogP contribution in [0.3, 0.4) is 0 Å². The van der Waals surface area contributed by atoms with Gasteiger partial charge in [-0.15, -0.1) is 0 Å². The molecule has 2 aromatic carbocycles. The maximum Gasteiger partial charge on any atom is 0.287 e. The van der Waals surface area contributed by atoms with E-state index in [0.29, 0.717) is 28.0 Å². The molecule has 0 aliphatic rings. The molecule has 0 aliphatic heterocycles. The zero-order chi connectivity index (χ0) is 20.6. The van der Waals surface area contributed by atoms with Gasteiger partial charge in [-0.2, -0.15) is 0 Å². The second-order valence-electron chi connectivity index (χ2n) is 5.94. The van der Waals surface area contributed by atoms with Gasteiger partial charge in [-0.3, -0.25) is 9.59 Å². The van der Waals surface area contributed by atoms with Gasteiger partial charge in [0.2, 0.25) is 5.91 Å². The van der Waals surface area contributed by atoms with Crippen molar-refractivity contribution in [2.45, 2.75) is 6.61 Å². The third-order valence-electron chi connectivity index (χ3n) is 3.85. The summed E-state index contributed by atoms with van der Waals surface area (Å²) in [4.78, 5) is 24.3. The van der Waals surface area contributed by atoms with Crippen LogP contribution in [0.15, 0.2) is 65.1 Å². The minimum absolute atomic E-state index is 0.0878. The van der Waals surface area contributed by atoms with Gasteiger partial charge in [0.05, 0.1) is 19.3 Å². The Morgan fingerprint density at radius 3 is 2.62 bits per heavy atom. The van der Waals surface area contributed by atoms with Crippen LogP contribution in [0.5, 0.6) is 11.5 Å². The molecule has 150 valence electrons. The number of amides is 2. The minimum Gasteiger partial charge on any atom is -0.495 e. The molecule has 3 aromatic rings. The normalized spacial score (nSPS) is 10.3.